The minimum absolute atomic E-state index is 0.239. The summed E-state index contributed by atoms with van der Waals surface area (Å²) >= 11 is 0. The van der Waals surface area contributed by atoms with E-state index in [0.717, 1.165) is 6.42 Å². The summed E-state index contributed by atoms with van der Waals surface area (Å²) < 4.78 is 26.9. The van der Waals surface area contributed by atoms with Gasteiger partial charge in [0.25, 0.3) is 10.0 Å². The number of sulfonamides is 1. The zero-order valence-corrected chi connectivity index (χ0v) is 12.9. The Bertz CT molecular complexity index is 691. The number of hydrogen-bond donors (Lipinski definition) is 0. The van der Waals surface area contributed by atoms with Crippen molar-refractivity contribution < 1.29 is 8.42 Å². The van der Waals surface area contributed by atoms with E-state index in [2.05, 4.69) is 13.5 Å². The first-order chi connectivity index (χ1) is 10.1. The Kier molecular flexibility index (Phi) is 4.81. The SMILES string of the molecule is C=CCN(c1ccc(CC)cc1)S(=O)(=O)c1ccccc1. The van der Waals surface area contributed by atoms with Gasteiger partial charge >= 0.3 is 0 Å². The van der Waals surface area contributed by atoms with Crippen LogP contribution in [-0.4, -0.2) is 15.0 Å². The van der Waals surface area contributed by atoms with Gasteiger partial charge in [-0.3, -0.25) is 4.31 Å². The Morgan fingerprint density at radius 2 is 1.67 bits per heavy atom. The van der Waals surface area contributed by atoms with Crippen LogP contribution in [0.15, 0.2) is 72.1 Å². The fraction of sp³-hybridized carbons (Fsp3) is 0.176. The maximum atomic E-state index is 12.8. The fourth-order valence-corrected chi connectivity index (χ4v) is 3.53. The van der Waals surface area contributed by atoms with Crippen molar-refractivity contribution in [1.29, 1.82) is 0 Å². The largest absolute Gasteiger partial charge is 0.264 e. The molecule has 0 aliphatic carbocycles. The van der Waals surface area contributed by atoms with Crippen molar-refractivity contribution in [2.45, 2.75) is 18.2 Å². The Balaban J connectivity index is 2.44. The van der Waals surface area contributed by atoms with Crippen LogP contribution in [0.4, 0.5) is 5.69 Å². The van der Waals surface area contributed by atoms with Crippen molar-refractivity contribution in [3.8, 4) is 0 Å². The molecule has 2 rings (SSSR count). The second-order valence-corrected chi connectivity index (χ2v) is 6.52. The number of hydrogen-bond acceptors (Lipinski definition) is 2. The van der Waals surface area contributed by atoms with E-state index in [1.54, 1.807) is 36.4 Å². The van der Waals surface area contributed by atoms with Crippen molar-refractivity contribution >= 4 is 15.7 Å². The molecule has 0 heterocycles. The number of anilines is 1. The summed E-state index contributed by atoms with van der Waals surface area (Å²) in [6.07, 6.45) is 2.52. The lowest BCUT2D eigenvalue weighted by Gasteiger charge is -2.23. The molecule has 0 N–H and O–H groups in total. The van der Waals surface area contributed by atoms with Gasteiger partial charge in [0.15, 0.2) is 0 Å². The average molecular weight is 301 g/mol. The van der Waals surface area contributed by atoms with Crippen LogP contribution in [0, 0.1) is 0 Å². The second-order valence-electron chi connectivity index (χ2n) is 4.66. The van der Waals surface area contributed by atoms with Crippen LogP contribution in [0.25, 0.3) is 0 Å². The standard InChI is InChI=1S/C17H19NO2S/c1-3-14-18(16-12-10-15(4-2)11-13-16)21(19,20)17-8-6-5-7-9-17/h3,5-13H,1,4,14H2,2H3. The first-order valence-corrected chi connectivity index (χ1v) is 8.31. The van der Waals surface area contributed by atoms with Gasteiger partial charge in [-0.1, -0.05) is 43.3 Å². The molecule has 0 saturated carbocycles. The minimum atomic E-state index is -3.57. The molecule has 3 nitrogen and oxygen atoms in total. The molecule has 0 aromatic heterocycles. The first-order valence-electron chi connectivity index (χ1n) is 6.87. The maximum absolute atomic E-state index is 12.8. The van der Waals surface area contributed by atoms with Crippen LogP contribution in [-0.2, 0) is 16.4 Å². The van der Waals surface area contributed by atoms with E-state index in [1.807, 2.05) is 24.3 Å². The minimum Gasteiger partial charge on any atom is -0.263 e. The molecule has 0 fully saturated rings. The monoisotopic (exact) mass is 301 g/mol. The van der Waals surface area contributed by atoms with Crippen molar-refractivity contribution in [3.05, 3.63) is 72.8 Å². The molecule has 0 amide bonds. The summed E-state index contributed by atoms with van der Waals surface area (Å²) in [5.74, 6) is 0. The molecule has 4 heteroatoms. The van der Waals surface area contributed by atoms with Gasteiger partial charge in [-0.2, -0.15) is 0 Å². The van der Waals surface area contributed by atoms with E-state index in [1.165, 1.54) is 9.87 Å². The Labute approximate surface area is 126 Å². The second kappa shape index (κ2) is 6.59. The summed E-state index contributed by atoms with van der Waals surface area (Å²) in [7, 11) is -3.57. The van der Waals surface area contributed by atoms with Crippen LogP contribution in [0.2, 0.25) is 0 Å². The summed E-state index contributed by atoms with van der Waals surface area (Å²) in [6.45, 7) is 5.97. The molecule has 0 unspecified atom stereocenters. The molecule has 0 bridgehead atoms. The van der Waals surface area contributed by atoms with Gasteiger partial charge in [0, 0.05) is 0 Å². The smallest absolute Gasteiger partial charge is 0.263 e. The van der Waals surface area contributed by atoms with Crippen LogP contribution in [0.1, 0.15) is 12.5 Å². The van der Waals surface area contributed by atoms with Crippen molar-refractivity contribution in [3.63, 3.8) is 0 Å². The number of aryl methyl sites for hydroxylation is 1. The molecule has 0 radical (unpaired) electrons. The molecule has 2 aromatic rings. The summed E-state index contributed by atoms with van der Waals surface area (Å²) in [5, 5.41) is 0. The van der Waals surface area contributed by atoms with Crippen molar-refractivity contribution in [2.24, 2.45) is 0 Å². The van der Waals surface area contributed by atoms with Crippen LogP contribution in [0.3, 0.4) is 0 Å². The van der Waals surface area contributed by atoms with Gasteiger partial charge < -0.3 is 0 Å². The normalized spacial score (nSPS) is 11.1. The summed E-state index contributed by atoms with van der Waals surface area (Å²) in [4.78, 5) is 0.284. The average Bonchev–Trinajstić information content (AvgIpc) is 2.53. The molecule has 0 atom stereocenters. The lowest BCUT2D eigenvalue weighted by molar-refractivity contribution is 0.593. The van der Waals surface area contributed by atoms with Crippen molar-refractivity contribution in [1.82, 2.24) is 0 Å². The fourth-order valence-electron chi connectivity index (χ4n) is 2.08. The highest BCUT2D eigenvalue weighted by Crippen LogP contribution is 2.24. The molecule has 0 aliphatic heterocycles. The molecule has 0 aliphatic rings. The van der Waals surface area contributed by atoms with Crippen LogP contribution >= 0.6 is 0 Å². The van der Waals surface area contributed by atoms with Crippen LogP contribution < -0.4 is 4.31 Å². The quantitative estimate of drug-likeness (QED) is 0.764. The highest BCUT2D eigenvalue weighted by Gasteiger charge is 2.23. The van der Waals surface area contributed by atoms with E-state index >= 15 is 0 Å². The highest BCUT2D eigenvalue weighted by atomic mass is 32.2. The van der Waals surface area contributed by atoms with Crippen LogP contribution in [0.5, 0.6) is 0 Å². The first kappa shape index (κ1) is 15.3. The van der Waals surface area contributed by atoms with Gasteiger partial charge in [0.05, 0.1) is 17.1 Å². The van der Waals surface area contributed by atoms with Gasteiger partial charge in [0.1, 0.15) is 0 Å². The number of benzene rings is 2. The van der Waals surface area contributed by atoms with E-state index < -0.39 is 10.0 Å². The zero-order chi connectivity index (χ0) is 15.3. The summed E-state index contributed by atoms with van der Waals surface area (Å²) in [6, 6.07) is 16.0. The lowest BCUT2D eigenvalue weighted by Crippen LogP contribution is -2.31. The third kappa shape index (κ3) is 3.34. The van der Waals surface area contributed by atoms with Crippen molar-refractivity contribution in [2.75, 3.05) is 10.8 Å². The summed E-state index contributed by atoms with van der Waals surface area (Å²) in [5.41, 5.74) is 1.82. The number of nitrogens with zero attached hydrogens (tertiary/aromatic N) is 1. The molecule has 21 heavy (non-hydrogen) atoms. The lowest BCUT2D eigenvalue weighted by atomic mass is 10.1. The van der Waals surface area contributed by atoms with Gasteiger partial charge in [-0.05, 0) is 36.2 Å². The predicted molar refractivity (Wildman–Crippen MR) is 87.0 cm³/mol. The predicted octanol–water partition coefficient (Wildman–Crippen LogP) is 3.63. The van der Waals surface area contributed by atoms with E-state index in [9.17, 15) is 8.42 Å². The Morgan fingerprint density at radius 1 is 1.05 bits per heavy atom. The molecular formula is C17H19NO2S. The molecule has 0 spiro atoms. The van der Waals surface area contributed by atoms with Gasteiger partial charge in [-0.25, -0.2) is 8.42 Å². The Morgan fingerprint density at radius 3 is 2.19 bits per heavy atom. The molecule has 2 aromatic carbocycles. The highest BCUT2D eigenvalue weighted by molar-refractivity contribution is 7.92. The van der Waals surface area contributed by atoms with Gasteiger partial charge in [-0.15, -0.1) is 6.58 Å². The van der Waals surface area contributed by atoms with E-state index in [4.69, 9.17) is 0 Å². The third-order valence-corrected chi connectivity index (χ3v) is 5.07. The topological polar surface area (TPSA) is 37.4 Å². The third-order valence-electron chi connectivity index (χ3n) is 3.26. The molecular weight excluding hydrogens is 282 g/mol. The molecule has 110 valence electrons. The zero-order valence-electron chi connectivity index (χ0n) is 12.1. The molecule has 0 saturated heterocycles. The van der Waals surface area contributed by atoms with E-state index in [0.29, 0.717) is 5.69 Å². The van der Waals surface area contributed by atoms with E-state index in [-0.39, 0.29) is 11.4 Å². The maximum Gasteiger partial charge on any atom is 0.264 e. The Hall–Kier alpha value is -2.07. The number of rotatable bonds is 6. The van der Waals surface area contributed by atoms with Gasteiger partial charge in [0.2, 0.25) is 0 Å².